The monoisotopic (exact) mass is 215 g/mol. The Labute approximate surface area is 88.9 Å². The fraction of sp³-hybridized carbons (Fsp3) is 0.800. The highest BCUT2D eigenvalue weighted by Gasteiger charge is 2.49. The van der Waals surface area contributed by atoms with Crippen molar-refractivity contribution in [3.8, 4) is 0 Å². The summed E-state index contributed by atoms with van der Waals surface area (Å²) in [6.07, 6.45) is 3.05. The fourth-order valence-corrected chi connectivity index (χ4v) is 1.37. The number of carbonyl (C=O) groups excluding carboxylic acids is 2. The van der Waals surface area contributed by atoms with Gasteiger partial charge in [-0.3, -0.25) is 0 Å². The third-order valence-corrected chi connectivity index (χ3v) is 2.44. The Kier molecular flexibility index (Phi) is 4.08. The van der Waals surface area contributed by atoms with E-state index in [0.29, 0.717) is 6.61 Å². The SMILES string of the molecule is CCCCCOC(=O)C1(N)CCOC1=O. The predicted octanol–water partition coefficient (Wildman–Crippen LogP) is 0.364. The van der Waals surface area contributed by atoms with Crippen LogP contribution in [0.1, 0.15) is 32.6 Å². The molecule has 0 amide bonds. The van der Waals surface area contributed by atoms with E-state index in [4.69, 9.17) is 10.5 Å². The van der Waals surface area contributed by atoms with Gasteiger partial charge in [0.25, 0.3) is 0 Å². The molecule has 0 saturated carbocycles. The van der Waals surface area contributed by atoms with Crippen LogP contribution in [0.4, 0.5) is 0 Å². The molecule has 0 aromatic rings. The summed E-state index contributed by atoms with van der Waals surface area (Å²) < 4.78 is 9.59. The number of carbonyl (C=O) groups is 2. The van der Waals surface area contributed by atoms with Crippen LogP contribution < -0.4 is 5.73 Å². The molecule has 86 valence electrons. The van der Waals surface area contributed by atoms with Crippen molar-refractivity contribution in [3.63, 3.8) is 0 Å². The summed E-state index contributed by atoms with van der Waals surface area (Å²) in [5, 5.41) is 0. The molecule has 0 aromatic carbocycles. The van der Waals surface area contributed by atoms with E-state index in [1.54, 1.807) is 0 Å². The zero-order valence-electron chi connectivity index (χ0n) is 8.95. The van der Waals surface area contributed by atoms with Crippen molar-refractivity contribution in [3.05, 3.63) is 0 Å². The Balaban J connectivity index is 2.36. The first-order valence-electron chi connectivity index (χ1n) is 5.24. The minimum atomic E-state index is -1.56. The van der Waals surface area contributed by atoms with E-state index in [1.165, 1.54) is 0 Å². The van der Waals surface area contributed by atoms with Crippen molar-refractivity contribution in [1.29, 1.82) is 0 Å². The maximum atomic E-state index is 11.5. The minimum Gasteiger partial charge on any atom is -0.464 e. The predicted molar refractivity (Wildman–Crippen MR) is 53.0 cm³/mol. The summed E-state index contributed by atoms with van der Waals surface area (Å²) in [6.45, 7) is 2.57. The van der Waals surface area contributed by atoms with E-state index in [1.807, 2.05) is 0 Å². The molecule has 1 fully saturated rings. The summed E-state index contributed by atoms with van der Waals surface area (Å²) in [6, 6.07) is 0. The zero-order valence-corrected chi connectivity index (χ0v) is 8.95. The van der Waals surface area contributed by atoms with Crippen LogP contribution in [0.15, 0.2) is 0 Å². The summed E-state index contributed by atoms with van der Waals surface area (Å²) in [7, 11) is 0. The maximum absolute atomic E-state index is 11.5. The number of hydrogen-bond acceptors (Lipinski definition) is 5. The lowest BCUT2D eigenvalue weighted by Gasteiger charge is -2.16. The van der Waals surface area contributed by atoms with Gasteiger partial charge in [-0.15, -0.1) is 0 Å². The van der Waals surface area contributed by atoms with Crippen LogP contribution in [0, 0.1) is 0 Å². The smallest absolute Gasteiger partial charge is 0.337 e. The molecule has 5 nitrogen and oxygen atoms in total. The molecule has 1 rings (SSSR count). The van der Waals surface area contributed by atoms with Crippen LogP contribution in [-0.4, -0.2) is 30.7 Å². The van der Waals surface area contributed by atoms with Crippen molar-refractivity contribution in [2.24, 2.45) is 5.73 Å². The molecular weight excluding hydrogens is 198 g/mol. The van der Waals surface area contributed by atoms with Crippen molar-refractivity contribution in [2.45, 2.75) is 38.1 Å². The first-order chi connectivity index (χ1) is 7.11. The van der Waals surface area contributed by atoms with Gasteiger partial charge < -0.3 is 15.2 Å². The van der Waals surface area contributed by atoms with Gasteiger partial charge in [-0.2, -0.15) is 0 Å². The van der Waals surface area contributed by atoms with E-state index < -0.39 is 17.5 Å². The number of unbranched alkanes of at least 4 members (excludes halogenated alkanes) is 2. The number of ether oxygens (including phenoxy) is 2. The number of hydrogen-bond donors (Lipinski definition) is 1. The van der Waals surface area contributed by atoms with Gasteiger partial charge in [-0.1, -0.05) is 19.8 Å². The average molecular weight is 215 g/mol. The van der Waals surface area contributed by atoms with Crippen LogP contribution in [-0.2, 0) is 19.1 Å². The molecule has 5 heteroatoms. The molecular formula is C10H17NO4. The van der Waals surface area contributed by atoms with Gasteiger partial charge in [0.1, 0.15) is 0 Å². The van der Waals surface area contributed by atoms with Crippen LogP contribution in [0.3, 0.4) is 0 Å². The Hall–Kier alpha value is -1.10. The average Bonchev–Trinajstić information content (AvgIpc) is 2.55. The third kappa shape index (κ3) is 2.68. The fourth-order valence-electron chi connectivity index (χ4n) is 1.37. The van der Waals surface area contributed by atoms with Gasteiger partial charge in [0.2, 0.25) is 5.54 Å². The highest BCUT2D eigenvalue weighted by atomic mass is 16.6. The molecule has 0 bridgehead atoms. The van der Waals surface area contributed by atoms with Gasteiger partial charge >= 0.3 is 11.9 Å². The molecule has 1 aliphatic heterocycles. The molecule has 1 atom stereocenters. The largest absolute Gasteiger partial charge is 0.464 e. The number of rotatable bonds is 5. The molecule has 1 saturated heterocycles. The van der Waals surface area contributed by atoms with E-state index in [9.17, 15) is 9.59 Å². The van der Waals surface area contributed by atoms with Gasteiger partial charge in [0.05, 0.1) is 13.2 Å². The van der Waals surface area contributed by atoms with Crippen LogP contribution in [0.5, 0.6) is 0 Å². The van der Waals surface area contributed by atoms with Gasteiger partial charge in [-0.05, 0) is 6.42 Å². The molecule has 1 heterocycles. The highest BCUT2D eigenvalue weighted by Crippen LogP contribution is 2.19. The van der Waals surface area contributed by atoms with E-state index >= 15 is 0 Å². The van der Waals surface area contributed by atoms with Crippen LogP contribution in [0.2, 0.25) is 0 Å². The second kappa shape index (κ2) is 5.11. The molecule has 2 N–H and O–H groups in total. The first kappa shape index (κ1) is 12.0. The van der Waals surface area contributed by atoms with Crippen LogP contribution in [0.25, 0.3) is 0 Å². The van der Waals surface area contributed by atoms with Gasteiger partial charge in [-0.25, -0.2) is 9.59 Å². The number of nitrogens with two attached hydrogens (primary N) is 1. The zero-order chi connectivity index (χ0) is 11.3. The molecule has 0 radical (unpaired) electrons. The maximum Gasteiger partial charge on any atom is 0.337 e. The summed E-state index contributed by atoms with van der Waals surface area (Å²) in [5.74, 6) is -1.34. The molecule has 0 aromatic heterocycles. The standard InChI is InChI=1S/C10H17NO4/c1-2-3-4-6-14-8(12)10(11)5-7-15-9(10)13/h2-7,11H2,1H3. The van der Waals surface area contributed by atoms with E-state index in [2.05, 4.69) is 11.7 Å². The van der Waals surface area contributed by atoms with Gasteiger partial charge in [0.15, 0.2) is 0 Å². The van der Waals surface area contributed by atoms with Crippen molar-refractivity contribution < 1.29 is 19.1 Å². The number of esters is 2. The molecule has 0 spiro atoms. The quantitative estimate of drug-likeness (QED) is 0.407. The van der Waals surface area contributed by atoms with E-state index in [0.717, 1.165) is 19.3 Å². The second-order valence-corrected chi connectivity index (χ2v) is 3.70. The van der Waals surface area contributed by atoms with Crippen molar-refractivity contribution in [2.75, 3.05) is 13.2 Å². The molecule has 0 aliphatic carbocycles. The highest BCUT2D eigenvalue weighted by molar-refractivity contribution is 6.05. The Morgan fingerprint density at radius 2 is 2.33 bits per heavy atom. The summed E-state index contributed by atoms with van der Waals surface area (Å²) in [5.41, 5.74) is 4.05. The van der Waals surface area contributed by atoms with Gasteiger partial charge in [0, 0.05) is 6.42 Å². The third-order valence-electron chi connectivity index (χ3n) is 2.44. The van der Waals surface area contributed by atoms with E-state index in [-0.39, 0.29) is 13.0 Å². The lowest BCUT2D eigenvalue weighted by molar-refractivity contribution is -0.158. The Morgan fingerprint density at radius 1 is 1.60 bits per heavy atom. The normalized spacial score (nSPS) is 25.1. The minimum absolute atomic E-state index is 0.194. The molecule has 1 unspecified atom stereocenters. The topological polar surface area (TPSA) is 78.6 Å². The number of cyclic esters (lactones) is 1. The Bertz CT molecular complexity index is 254. The summed E-state index contributed by atoms with van der Waals surface area (Å²) >= 11 is 0. The second-order valence-electron chi connectivity index (χ2n) is 3.70. The molecule has 1 aliphatic rings. The van der Waals surface area contributed by atoms with Crippen molar-refractivity contribution in [1.82, 2.24) is 0 Å². The molecule has 15 heavy (non-hydrogen) atoms. The summed E-state index contributed by atoms with van der Waals surface area (Å²) in [4.78, 5) is 22.7. The Morgan fingerprint density at radius 3 is 2.87 bits per heavy atom. The first-order valence-corrected chi connectivity index (χ1v) is 5.24. The lowest BCUT2D eigenvalue weighted by Crippen LogP contribution is -2.52. The lowest BCUT2D eigenvalue weighted by atomic mass is 10.0. The van der Waals surface area contributed by atoms with Crippen LogP contribution >= 0.6 is 0 Å². The van der Waals surface area contributed by atoms with Crippen molar-refractivity contribution >= 4 is 11.9 Å².